The molecular weight excluding hydrogens is 596 g/mol. The molecule has 3 aromatic rings. The third kappa shape index (κ3) is 9.18. The molecule has 0 spiro atoms. The van der Waals surface area contributed by atoms with Crippen LogP contribution in [0.3, 0.4) is 0 Å². The van der Waals surface area contributed by atoms with Crippen molar-refractivity contribution in [2.75, 3.05) is 65.9 Å². The van der Waals surface area contributed by atoms with E-state index < -0.39 is 0 Å². The zero-order chi connectivity index (χ0) is 33.2. The van der Waals surface area contributed by atoms with Gasteiger partial charge in [0.1, 0.15) is 6.61 Å². The van der Waals surface area contributed by atoms with Gasteiger partial charge in [0, 0.05) is 63.9 Å². The molecule has 2 aliphatic rings. The maximum absolute atomic E-state index is 13.1. The summed E-state index contributed by atoms with van der Waals surface area (Å²) in [7, 11) is 7.58. The standard InChI is InChI=1S/C35H48N8O4/c1-6-7-31(43-20-15-30(16-21-43)47-25-26-12-17-36-32(24-26)46-23-22-45-5)33-38-35(39-42(33)4)37-28-10-8-27(9-11-28)34(44)41(3)29-13-18-40(2)19-14-29/h6-12,17,24,29-30H,1,13-16,18-23,25H2,2-5H3,(H,37,39)/b31-7+. The Labute approximate surface area is 278 Å². The maximum atomic E-state index is 13.1. The predicted molar refractivity (Wildman–Crippen MR) is 183 cm³/mol. The molecule has 0 atom stereocenters. The minimum Gasteiger partial charge on any atom is -0.475 e. The van der Waals surface area contributed by atoms with Gasteiger partial charge >= 0.3 is 0 Å². The number of rotatable bonds is 14. The van der Waals surface area contributed by atoms with Crippen molar-refractivity contribution in [3.05, 3.63) is 78.3 Å². The lowest BCUT2D eigenvalue weighted by molar-refractivity contribution is 0.00674. The second-order valence-electron chi connectivity index (χ2n) is 12.2. The SMILES string of the molecule is C=C/C=C(\c1nc(Nc2ccc(C(=O)N(C)C3CCN(C)CC3)cc2)nn1C)N1CCC(OCc2ccnc(OCCOC)c2)CC1. The second-order valence-corrected chi connectivity index (χ2v) is 12.2. The lowest BCUT2D eigenvalue weighted by Crippen LogP contribution is -2.44. The Kier molecular flexibility index (Phi) is 12.0. The smallest absolute Gasteiger partial charge is 0.253 e. The first-order chi connectivity index (χ1) is 22.8. The molecule has 0 bridgehead atoms. The van der Waals surface area contributed by atoms with E-state index in [9.17, 15) is 4.79 Å². The number of piperidine rings is 2. The fraction of sp³-hybridized carbons (Fsp3) is 0.486. The van der Waals surface area contributed by atoms with Gasteiger partial charge in [0.25, 0.3) is 5.91 Å². The van der Waals surface area contributed by atoms with Gasteiger partial charge in [0.2, 0.25) is 11.8 Å². The summed E-state index contributed by atoms with van der Waals surface area (Å²) in [5, 5.41) is 7.93. The number of carbonyl (C=O) groups excluding carboxylic acids is 1. The Bertz CT molecular complexity index is 1490. The molecule has 5 rings (SSSR count). The van der Waals surface area contributed by atoms with Gasteiger partial charge in [-0.25, -0.2) is 9.67 Å². The molecule has 12 nitrogen and oxygen atoms in total. The highest BCUT2D eigenvalue weighted by molar-refractivity contribution is 5.94. The molecule has 2 saturated heterocycles. The highest BCUT2D eigenvalue weighted by Gasteiger charge is 2.26. The Morgan fingerprint density at radius 1 is 1.06 bits per heavy atom. The van der Waals surface area contributed by atoms with Gasteiger partial charge in [-0.3, -0.25) is 4.79 Å². The number of hydrogen-bond acceptors (Lipinski definition) is 10. The average Bonchev–Trinajstić information content (AvgIpc) is 3.45. The van der Waals surface area contributed by atoms with Gasteiger partial charge in [0.05, 0.1) is 25.0 Å². The van der Waals surface area contributed by atoms with Crippen LogP contribution in [0.1, 0.15) is 47.4 Å². The molecular formula is C35H48N8O4. The van der Waals surface area contributed by atoms with Crippen molar-refractivity contribution >= 4 is 23.2 Å². The number of benzene rings is 1. The first-order valence-corrected chi connectivity index (χ1v) is 16.3. The quantitative estimate of drug-likeness (QED) is 0.201. The number of carbonyl (C=O) groups is 1. The van der Waals surface area contributed by atoms with E-state index >= 15 is 0 Å². The van der Waals surface area contributed by atoms with Crippen LogP contribution >= 0.6 is 0 Å². The molecule has 2 fully saturated rings. The summed E-state index contributed by atoms with van der Waals surface area (Å²) in [5.41, 5.74) is 3.48. The predicted octanol–water partition coefficient (Wildman–Crippen LogP) is 4.35. The van der Waals surface area contributed by atoms with Gasteiger partial charge in [-0.2, -0.15) is 4.98 Å². The monoisotopic (exact) mass is 644 g/mol. The molecule has 47 heavy (non-hydrogen) atoms. The number of amides is 1. The number of aryl methyl sites for hydroxylation is 1. The van der Waals surface area contributed by atoms with Crippen LogP contribution in [0.25, 0.3) is 5.70 Å². The van der Waals surface area contributed by atoms with Gasteiger partial charge in [-0.15, -0.1) is 5.10 Å². The lowest BCUT2D eigenvalue weighted by Gasteiger charge is -2.35. The number of methoxy groups -OCH3 is 1. The number of aromatic nitrogens is 4. The van der Waals surface area contributed by atoms with E-state index in [1.54, 1.807) is 24.1 Å². The van der Waals surface area contributed by atoms with Crippen molar-refractivity contribution < 1.29 is 19.0 Å². The topological polar surface area (TPSA) is 110 Å². The highest BCUT2D eigenvalue weighted by Crippen LogP contribution is 2.26. The summed E-state index contributed by atoms with van der Waals surface area (Å²) in [6.07, 6.45) is 9.44. The first-order valence-electron chi connectivity index (χ1n) is 16.3. The fourth-order valence-corrected chi connectivity index (χ4v) is 6.00. The van der Waals surface area contributed by atoms with Crippen LogP contribution in [-0.4, -0.2) is 113 Å². The van der Waals surface area contributed by atoms with Gasteiger partial charge < -0.3 is 34.2 Å². The molecule has 1 amide bonds. The van der Waals surface area contributed by atoms with Crippen molar-refractivity contribution in [1.82, 2.24) is 34.4 Å². The van der Waals surface area contributed by atoms with Crippen LogP contribution in [0.4, 0.5) is 11.6 Å². The van der Waals surface area contributed by atoms with Gasteiger partial charge in [-0.05, 0) is 87.8 Å². The third-order valence-corrected chi connectivity index (χ3v) is 8.82. The van der Waals surface area contributed by atoms with E-state index in [-0.39, 0.29) is 18.1 Å². The summed E-state index contributed by atoms with van der Waals surface area (Å²) < 4.78 is 18.7. The van der Waals surface area contributed by atoms with Gasteiger partial charge in [0.15, 0.2) is 5.82 Å². The number of nitrogens with zero attached hydrogens (tertiary/aromatic N) is 7. The number of nitrogens with one attached hydrogen (secondary N) is 1. The zero-order valence-corrected chi connectivity index (χ0v) is 28.1. The Morgan fingerprint density at radius 2 is 1.81 bits per heavy atom. The normalized spacial score (nSPS) is 16.7. The molecule has 0 saturated carbocycles. The van der Waals surface area contributed by atoms with E-state index in [4.69, 9.17) is 19.2 Å². The van der Waals surface area contributed by atoms with Crippen LogP contribution in [0.2, 0.25) is 0 Å². The third-order valence-electron chi connectivity index (χ3n) is 8.82. The number of likely N-dealkylation sites (tertiary alicyclic amines) is 2. The number of allylic oxidation sites excluding steroid dienone is 2. The molecule has 2 aromatic heterocycles. The molecule has 4 heterocycles. The Morgan fingerprint density at radius 3 is 2.51 bits per heavy atom. The molecule has 1 N–H and O–H groups in total. The van der Waals surface area contributed by atoms with E-state index in [1.165, 1.54) is 0 Å². The molecule has 0 radical (unpaired) electrons. The Balaban J connectivity index is 1.14. The summed E-state index contributed by atoms with van der Waals surface area (Å²) in [5.74, 6) is 1.86. The average molecular weight is 645 g/mol. The number of hydrogen-bond donors (Lipinski definition) is 1. The highest BCUT2D eigenvalue weighted by atomic mass is 16.5. The lowest BCUT2D eigenvalue weighted by atomic mass is 10.0. The van der Waals surface area contributed by atoms with E-state index in [0.717, 1.165) is 74.6 Å². The summed E-state index contributed by atoms with van der Waals surface area (Å²) in [4.78, 5) is 28.7. The number of ether oxygens (including phenoxy) is 3. The molecule has 0 aliphatic carbocycles. The van der Waals surface area contributed by atoms with E-state index in [0.29, 0.717) is 37.2 Å². The minimum atomic E-state index is 0.0487. The molecule has 252 valence electrons. The van der Waals surface area contributed by atoms with Crippen LogP contribution < -0.4 is 10.1 Å². The summed E-state index contributed by atoms with van der Waals surface area (Å²) in [6, 6.07) is 11.7. The van der Waals surface area contributed by atoms with Crippen molar-refractivity contribution in [3.63, 3.8) is 0 Å². The van der Waals surface area contributed by atoms with Crippen LogP contribution in [0, 0.1) is 0 Å². The van der Waals surface area contributed by atoms with Crippen LogP contribution in [0.5, 0.6) is 5.88 Å². The van der Waals surface area contributed by atoms with Crippen LogP contribution in [-0.2, 0) is 23.1 Å². The molecule has 12 heteroatoms. The van der Waals surface area contributed by atoms with Gasteiger partial charge in [-0.1, -0.05) is 12.7 Å². The fourth-order valence-electron chi connectivity index (χ4n) is 6.00. The minimum absolute atomic E-state index is 0.0487. The Hall–Kier alpha value is -4.26. The van der Waals surface area contributed by atoms with Crippen molar-refractivity contribution in [3.8, 4) is 5.88 Å². The van der Waals surface area contributed by atoms with E-state index in [1.807, 2.05) is 61.5 Å². The second kappa shape index (κ2) is 16.5. The van der Waals surface area contributed by atoms with E-state index in [2.05, 4.69) is 38.8 Å². The summed E-state index contributed by atoms with van der Waals surface area (Å²) >= 11 is 0. The van der Waals surface area contributed by atoms with Crippen molar-refractivity contribution in [2.24, 2.45) is 7.05 Å². The molecule has 1 aromatic carbocycles. The molecule has 2 aliphatic heterocycles. The zero-order valence-electron chi connectivity index (χ0n) is 28.1. The maximum Gasteiger partial charge on any atom is 0.253 e. The number of anilines is 2. The molecule has 0 unspecified atom stereocenters. The number of pyridine rings is 1. The largest absolute Gasteiger partial charge is 0.475 e. The van der Waals surface area contributed by atoms with Crippen molar-refractivity contribution in [2.45, 2.75) is 44.4 Å². The van der Waals surface area contributed by atoms with Crippen LogP contribution in [0.15, 0.2) is 61.3 Å². The summed E-state index contributed by atoms with van der Waals surface area (Å²) in [6.45, 7) is 9.10. The van der Waals surface area contributed by atoms with Crippen molar-refractivity contribution in [1.29, 1.82) is 0 Å². The first kappa shape index (κ1) is 34.1.